The minimum Gasteiger partial charge on any atom is -0.319 e. The van der Waals surface area contributed by atoms with Crippen LogP contribution < -0.4 is 5.32 Å². The van der Waals surface area contributed by atoms with E-state index < -0.39 is 0 Å². The number of hydrogen-bond donors (Lipinski definition) is 1. The number of rotatable bonds is 7. The molecule has 0 bridgehead atoms. The Balaban J connectivity index is 2.31. The third-order valence-electron chi connectivity index (χ3n) is 3.63. The Morgan fingerprint density at radius 3 is 2.14 bits per heavy atom. The molecule has 2 aromatic rings. The molecule has 2 heterocycles. The molecule has 0 saturated carbocycles. The first kappa shape index (κ1) is 15.6. The first-order valence-electron chi connectivity index (χ1n) is 7.69. The fourth-order valence-electron chi connectivity index (χ4n) is 2.52. The fourth-order valence-corrected chi connectivity index (χ4v) is 2.52. The molecule has 0 atom stereocenters. The number of nitrogens with zero attached hydrogens (tertiary/aromatic N) is 3. The molecular formula is C17H24N4. The van der Waals surface area contributed by atoms with Crippen LogP contribution in [0.1, 0.15) is 42.2 Å². The number of hydrogen-bond acceptors (Lipinski definition) is 4. The van der Waals surface area contributed by atoms with E-state index >= 15 is 0 Å². The number of aromatic nitrogens is 3. The van der Waals surface area contributed by atoms with E-state index in [1.54, 1.807) is 0 Å². The summed E-state index contributed by atoms with van der Waals surface area (Å²) >= 11 is 0. The van der Waals surface area contributed by atoms with Crippen molar-refractivity contribution in [2.75, 3.05) is 13.6 Å². The van der Waals surface area contributed by atoms with Crippen molar-refractivity contribution in [1.82, 2.24) is 20.3 Å². The van der Waals surface area contributed by atoms with Gasteiger partial charge in [0.15, 0.2) is 0 Å². The standard InChI is InChI=1S/C17H24N4/c1-4-15-14(8-9-18-3)16(5-2)21-17(20-15)12-13-6-10-19-11-7-13/h6-7,10-11,18H,4-5,8-9,12H2,1-3H3. The van der Waals surface area contributed by atoms with Gasteiger partial charge in [0.2, 0.25) is 0 Å². The zero-order valence-corrected chi connectivity index (χ0v) is 13.2. The van der Waals surface area contributed by atoms with E-state index in [0.29, 0.717) is 0 Å². The number of likely N-dealkylation sites (N-methyl/N-ethyl adjacent to an activating group) is 1. The lowest BCUT2D eigenvalue weighted by molar-refractivity contribution is 0.747. The predicted octanol–water partition coefficient (Wildman–Crippen LogP) is 2.35. The van der Waals surface area contributed by atoms with Gasteiger partial charge in [0, 0.05) is 30.2 Å². The SMILES string of the molecule is CCc1nc(Cc2ccncc2)nc(CC)c1CCNC. The molecule has 1 N–H and O–H groups in total. The molecule has 0 aliphatic rings. The van der Waals surface area contributed by atoms with Gasteiger partial charge in [-0.05, 0) is 56.1 Å². The average molecular weight is 284 g/mol. The molecule has 0 saturated heterocycles. The summed E-state index contributed by atoms with van der Waals surface area (Å²) in [6.07, 6.45) is 7.32. The van der Waals surface area contributed by atoms with Crippen LogP contribution in [0, 0.1) is 0 Å². The predicted molar refractivity (Wildman–Crippen MR) is 85.5 cm³/mol. The lowest BCUT2D eigenvalue weighted by Gasteiger charge is -2.14. The van der Waals surface area contributed by atoms with E-state index in [0.717, 1.165) is 38.1 Å². The van der Waals surface area contributed by atoms with Crippen molar-refractivity contribution < 1.29 is 0 Å². The summed E-state index contributed by atoms with van der Waals surface area (Å²) in [5.41, 5.74) is 4.92. The van der Waals surface area contributed by atoms with Crippen molar-refractivity contribution >= 4 is 0 Å². The summed E-state index contributed by atoms with van der Waals surface area (Å²) in [4.78, 5) is 13.6. The van der Waals surface area contributed by atoms with Crippen LogP contribution in [-0.4, -0.2) is 28.5 Å². The lowest BCUT2D eigenvalue weighted by Crippen LogP contribution is -2.16. The van der Waals surface area contributed by atoms with E-state index in [1.807, 2.05) is 31.6 Å². The quantitative estimate of drug-likeness (QED) is 0.848. The van der Waals surface area contributed by atoms with Crippen LogP contribution in [-0.2, 0) is 25.7 Å². The van der Waals surface area contributed by atoms with Gasteiger partial charge in [-0.1, -0.05) is 13.8 Å². The molecule has 0 aromatic carbocycles. The van der Waals surface area contributed by atoms with E-state index in [4.69, 9.17) is 9.97 Å². The Labute approximate surface area is 127 Å². The highest BCUT2D eigenvalue weighted by Gasteiger charge is 2.12. The molecule has 2 aromatic heterocycles. The van der Waals surface area contributed by atoms with Crippen molar-refractivity contribution in [2.24, 2.45) is 0 Å². The van der Waals surface area contributed by atoms with E-state index in [-0.39, 0.29) is 0 Å². The second-order valence-electron chi connectivity index (χ2n) is 5.10. The Morgan fingerprint density at radius 1 is 1.00 bits per heavy atom. The largest absolute Gasteiger partial charge is 0.319 e. The molecule has 4 nitrogen and oxygen atoms in total. The molecule has 0 aliphatic carbocycles. The second kappa shape index (κ2) is 7.84. The maximum Gasteiger partial charge on any atom is 0.133 e. The molecule has 4 heteroatoms. The Kier molecular flexibility index (Phi) is 5.81. The Hall–Kier alpha value is -1.81. The molecule has 0 radical (unpaired) electrons. The van der Waals surface area contributed by atoms with Gasteiger partial charge in [-0.3, -0.25) is 4.98 Å². The summed E-state index contributed by atoms with van der Waals surface area (Å²) in [5.74, 6) is 0.920. The maximum absolute atomic E-state index is 4.79. The molecule has 0 aliphatic heterocycles. The van der Waals surface area contributed by atoms with Gasteiger partial charge in [0.05, 0.1) is 0 Å². The van der Waals surface area contributed by atoms with Crippen LogP contribution in [0.15, 0.2) is 24.5 Å². The van der Waals surface area contributed by atoms with Crippen LogP contribution in [0.25, 0.3) is 0 Å². The van der Waals surface area contributed by atoms with Gasteiger partial charge in [-0.2, -0.15) is 0 Å². The molecule has 112 valence electrons. The van der Waals surface area contributed by atoms with Crippen LogP contribution in [0.3, 0.4) is 0 Å². The van der Waals surface area contributed by atoms with E-state index in [1.165, 1.54) is 22.5 Å². The number of pyridine rings is 1. The highest BCUT2D eigenvalue weighted by Crippen LogP contribution is 2.16. The fraction of sp³-hybridized carbons (Fsp3) is 0.471. The summed E-state index contributed by atoms with van der Waals surface area (Å²) in [7, 11) is 1.98. The van der Waals surface area contributed by atoms with Gasteiger partial charge in [-0.15, -0.1) is 0 Å². The number of nitrogens with one attached hydrogen (secondary N) is 1. The van der Waals surface area contributed by atoms with Crippen LogP contribution >= 0.6 is 0 Å². The van der Waals surface area contributed by atoms with Crippen molar-refractivity contribution in [3.05, 3.63) is 52.9 Å². The number of aryl methyl sites for hydroxylation is 2. The van der Waals surface area contributed by atoms with Gasteiger partial charge in [0.1, 0.15) is 5.82 Å². The van der Waals surface area contributed by atoms with E-state index in [9.17, 15) is 0 Å². The van der Waals surface area contributed by atoms with Crippen molar-refractivity contribution in [3.8, 4) is 0 Å². The van der Waals surface area contributed by atoms with Crippen molar-refractivity contribution in [3.63, 3.8) is 0 Å². The molecule has 21 heavy (non-hydrogen) atoms. The smallest absolute Gasteiger partial charge is 0.133 e. The molecule has 0 fully saturated rings. The molecule has 0 amide bonds. The maximum atomic E-state index is 4.79. The third kappa shape index (κ3) is 4.08. The summed E-state index contributed by atoms with van der Waals surface area (Å²) in [6, 6.07) is 4.05. The highest BCUT2D eigenvalue weighted by atomic mass is 14.9. The van der Waals surface area contributed by atoms with Crippen LogP contribution in [0.5, 0.6) is 0 Å². The molecule has 0 spiro atoms. The van der Waals surface area contributed by atoms with Crippen LogP contribution in [0.2, 0.25) is 0 Å². The Bertz CT molecular complexity index is 541. The summed E-state index contributed by atoms with van der Waals surface area (Å²) in [5, 5.41) is 3.21. The zero-order valence-electron chi connectivity index (χ0n) is 13.2. The minimum absolute atomic E-state index is 0.773. The second-order valence-corrected chi connectivity index (χ2v) is 5.10. The zero-order chi connectivity index (χ0) is 15.1. The van der Waals surface area contributed by atoms with Gasteiger partial charge >= 0.3 is 0 Å². The molecule has 0 unspecified atom stereocenters. The van der Waals surface area contributed by atoms with Gasteiger partial charge in [0.25, 0.3) is 0 Å². The lowest BCUT2D eigenvalue weighted by atomic mass is 10.0. The first-order valence-corrected chi connectivity index (χ1v) is 7.69. The third-order valence-corrected chi connectivity index (χ3v) is 3.63. The van der Waals surface area contributed by atoms with Crippen LogP contribution in [0.4, 0.5) is 0 Å². The van der Waals surface area contributed by atoms with E-state index in [2.05, 4.69) is 24.1 Å². The minimum atomic E-state index is 0.773. The van der Waals surface area contributed by atoms with Crippen molar-refractivity contribution in [1.29, 1.82) is 0 Å². The van der Waals surface area contributed by atoms with Gasteiger partial charge in [-0.25, -0.2) is 9.97 Å². The monoisotopic (exact) mass is 284 g/mol. The first-order chi connectivity index (χ1) is 10.3. The average Bonchev–Trinajstić information content (AvgIpc) is 2.53. The summed E-state index contributed by atoms with van der Waals surface area (Å²) < 4.78 is 0. The van der Waals surface area contributed by atoms with Gasteiger partial charge < -0.3 is 5.32 Å². The normalized spacial score (nSPS) is 10.8. The highest BCUT2D eigenvalue weighted by molar-refractivity contribution is 5.28. The Morgan fingerprint density at radius 2 is 1.62 bits per heavy atom. The molecular weight excluding hydrogens is 260 g/mol. The van der Waals surface area contributed by atoms with Crippen molar-refractivity contribution in [2.45, 2.75) is 39.5 Å². The topological polar surface area (TPSA) is 50.7 Å². The summed E-state index contributed by atoms with van der Waals surface area (Å²) in [6.45, 7) is 5.30. The molecule has 2 rings (SSSR count).